The Morgan fingerprint density at radius 2 is 0.877 bits per heavy atom. The van der Waals surface area contributed by atoms with Crippen molar-refractivity contribution in [2.45, 2.75) is 19.3 Å². The Kier molecular flexibility index (Phi) is 9.21. The van der Waals surface area contributed by atoms with Crippen LogP contribution in [0.4, 0.5) is 17.1 Å². The molecule has 0 saturated carbocycles. The van der Waals surface area contributed by atoms with Crippen LogP contribution in [0.5, 0.6) is 0 Å². The molecule has 308 valence electrons. The summed E-state index contributed by atoms with van der Waals surface area (Å²) in [6.45, 7) is 4.38. The summed E-state index contributed by atoms with van der Waals surface area (Å²) in [6.07, 6.45) is 0. The Balaban J connectivity index is 1.01. The van der Waals surface area contributed by atoms with Crippen molar-refractivity contribution in [3.63, 3.8) is 0 Å². The summed E-state index contributed by atoms with van der Waals surface area (Å²) in [7, 11) is 0. The zero-order chi connectivity index (χ0) is 43.5. The van der Waals surface area contributed by atoms with E-state index in [0.717, 1.165) is 17.1 Å². The summed E-state index contributed by atoms with van der Waals surface area (Å²) in [5, 5.41) is 2.51. The lowest BCUT2D eigenvalue weighted by molar-refractivity contribution is 0.768. The van der Waals surface area contributed by atoms with Gasteiger partial charge < -0.3 is 9.47 Å². The van der Waals surface area contributed by atoms with Crippen LogP contribution in [-0.4, -0.2) is 4.57 Å². The molecule has 11 aromatic rings. The average molecular weight is 831 g/mol. The molecular formula is C63H46N2. The Bertz CT molecular complexity index is 3490. The van der Waals surface area contributed by atoms with Crippen LogP contribution in [0.25, 0.3) is 60.9 Å². The second kappa shape index (κ2) is 15.6. The van der Waals surface area contributed by atoms with Crippen molar-refractivity contribution in [1.82, 2.24) is 4.57 Å². The summed E-state index contributed by atoms with van der Waals surface area (Å²) < 4.78 is 2.43. The van der Waals surface area contributed by atoms with Crippen molar-refractivity contribution in [1.29, 1.82) is 0 Å². The van der Waals surface area contributed by atoms with E-state index in [9.17, 15) is 0 Å². The van der Waals surface area contributed by atoms with Crippen LogP contribution >= 0.6 is 0 Å². The van der Waals surface area contributed by atoms with Crippen molar-refractivity contribution >= 4 is 38.9 Å². The van der Waals surface area contributed by atoms with Crippen LogP contribution in [0, 0.1) is 13.8 Å². The minimum Gasteiger partial charge on any atom is -0.310 e. The van der Waals surface area contributed by atoms with Crippen LogP contribution in [-0.2, 0) is 5.41 Å². The standard InChI is InChI=1S/C63H46N2/c1-43-26-27-44(2)62(40-43)65-60-25-15-13-23-56(60)57-41-48(32-39-61(57)65)47-30-35-52(36-31-47)64(51-33-28-46(29-34-51)45-16-6-3-7-17-45)53-37-38-55-54-22-12-14-24-58(54)63(59(55)42-53,49-18-8-4-9-19-49)50-20-10-5-11-21-50/h3-42H,1-2H3. The van der Waals surface area contributed by atoms with Gasteiger partial charge in [-0.1, -0.05) is 182 Å². The van der Waals surface area contributed by atoms with Gasteiger partial charge >= 0.3 is 0 Å². The number of anilines is 3. The molecule has 0 fully saturated rings. The van der Waals surface area contributed by atoms with Crippen LogP contribution in [0.3, 0.4) is 0 Å². The molecule has 0 spiro atoms. The Morgan fingerprint density at radius 3 is 1.57 bits per heavy atom. The van der Waals surface area contributed by atoms with Crippen LogP contribution < -0.4 is 4.90 Å². The molecule has 1 aliphatic rings. The average Bonchev–Trinajstić information content (AvgIpc) is 3.86. The van der Waals surface area contributed by atoms with Crippen molar-refractivity contribution in [3.05, 3.63) is 276 Å². The van der Waals surface area contributed by atoms with E-state index in [2.05, 4.69) is 266 Å². The Hall–Kier alpha value is -8.20. The number of aryl methyl sites for hydroxylation is 2. The number of hydrogen-bond acceptors (Lipinski definition) is 1. The van der Waals surface area contributed by atoms with E-state index in [0.29, 0.717) is 0 Å². The normalized spacial score (nSPS) is 12.6. The van der Waals surface area contributed by atoms with Crippen LogP contribution in [0.2, 0.25) is 0 Å². The number of benzene rings is 10. The summed E-state index contributed by atoms with van der Waals surface area (Å²) in [6, 6.07) is 89.5. The minimum absolute atomic E-state index is 0.503. The quantitative estimate of drug-likeness (QED) is 0.148. The smallest absolute Gasteiger partial charge is 0.0714 e. The third-order valence-electron chi connectivity index (χ3n) is 13.7. The second-order valence-electron chi connectivity index (χ2n) is 17.4. The molecule has 0 amide bonds. The molecule has 0 unspecified atom stereocenters. The van der Waals surface area contributed by atoms with Gasteiger partial charge in [0.05, 0.1) is 16.4 Å². The Morgan fingerprint density at radius 1 is 0.354 bits per heavy atom. The highest BCUT2D eigenvalue weighted by Gasteiger charge is 2.46. The lowest BCUT2D eigenvalue weighted by atomic mass is 9.67. The third-order valence-corrected chi connectivity index (χ3v) is 13.7. The lowest BCUT2D eigenvalue weighted by Crippen LogP contribution is -2.28. The molecule has 1 aliphatic carbocycles. The highest BCUT2D eigenvalue weighted by Crippen LogP contribution is 2.57. The molecule has 2 nitrogen and oxygen atoms in total. The zero-order valence-corrected chi connectivity index (χ0v) is 36.5. The molecule has 0 bridgehead atoms. The zero-order valence-electron chi connectivity index (χ0n) is 36.5. The molecule has 10 aromatic carbocycles. The molecule has 1 heterocycles. The summed E-state index contributed by atoms with van der Waals surface area (Å²) in [5.41, 5.74) is 21.4. The summed E-state index contributed by atoms with van der Waals surface area (Å²) >= 11 is 0. The van der Waals surface area contributed by atoms with E-state index in [-0.39, 0.29) is 0 Å². The first-order valence-electron chi connectivity index (χ1n) is 22.6. The van der Waals surface area contributed by atoms with Crippen molar-refractivity contribution < 1.29 is 0 Å². The number of fused-ring (bicyclic) bond motifs is 6. The van der Waals surface area contributed by atoms with Gasteiger partial charge in [0.2, 0.25) is 0 Å². The van der Waals surface area contributed by atoms with Gasteiger partial charge in [0, 0.05) is 33.5 Å². The van der Waals surface area contributed by atoms with Crippen LogP contribution in [0.15, 0.2) is 243 Å². The molecule has 1 aromatic heterocycles. The lowest BCUT2D eigenvalue weighted by Gasteiger charge is -2.35. The van der Waals surface area contributed by atoms with Crippen molar-refractivity contribution in [3.8, 4) is 39.1 Å². The van der Waals surface area contributed by atoms with Gasteiger partial charge in [0.25, 0.3) is 0 Å². The van der Waals surface area contributed by atoms with E-state index < -0.39 is 5.41 Å². The minimum atomic E-state index is -0.503. The van der Waals surface area contributed by atoms with Gasteiger partial charge in [-0.3, -0.25) is 0 Å². The molecule has 2 heteroatoms. The number of nitrogens with zero attached hydrogens (tertiary/aromatic N) is 2. The predicted molar refractivity (Wildman–Crippen MR) is 273 cm³/mol. The van der Waals surface area contributed by atoms with Gasteiger partial charge in [-0.15, -0.1) is 0 Å². The molecule has 0 aliphatic heterocycles. The fourth-order valence-corrected chi connectivity index (χ4v) is 10.6. The van der Waals surface area contributed by atoms with E-state index >= 15 is 0 Å². The first-order chi connectivity index (χ1) is 32.1. The fraction of sp³-hybridized carbons (Fsp3) is 0.0476. The highest BCUT2D eigenvalue weighted by atomic mass is 15.1. The SMILES string of the molecule is Cc1ccc(C)c(-n2c3ccccc3c3cc(-c4ccc(N(c5ccc(-c6ccccc6)cc5)c5ccc6c(c5)C(c5ccccc5)(c5ccccc5)c5ccccc5-6)cc4)ccc32)c1. The van der Waals surface area contributed by atoms with E-state index in [1.165, 1.54) is 94.3 Å². The molecular weight excluding hydrogens is 785 g/mol. The summed E-state index contributed by atoms with van der Waals surface area (Å²) in [5.74, 6) is 0. The molecule has 0 atom stereocenters. The van der Waals surface area contributed by atoms with Crippen LogP contribution in [0.1, 0.15) is 33.4 Å². The first-order valence-corrected chi connectivity index (χ1v) is 22.6. The van der Waals surface area contributed by atoms with Crippen molar-refractivity contribution in [2.75, 3.05) is 4.90 Å². The van der Waals surface area contributed by atoms with Gasteiger partial charge in [-0.05, 0) is 141 Å². The maximum Gasteiger partial charge on any atom is 0.0714 e. The van der Waals surface area contributed by atoms with Gasteiger partial charge in [0.1, 0.15) is 0 Å². The third kappa shape index (κ3) is 6.25. The topological polar surface area (TPSA) is 8.17 Å². The number of rotatable bonds is 8. The Labute approximate surface area is 381 Å². The van der Waals surface area contributed by atoms with E-state index in [4.69, 9.17) is 0 Å². The van der Waals surface area contributed by atoms with E-state index in [1.807, 2.05) is 0 Å². The molecule has 65 heavy (non-hydrogen) atoms. The summed E-state index contributed by atoms with van der Waals surface area (Å²) in [4.78, 5) is 2.42. The van der Waals surface area contributed by atoms with E-state index in [1.54, 1.807) is 0 Å². The van der Waals surface area contributed by atoms with Gasteiger partial charge in [-0.25, -0.2) is 0 Å². The highest BCUT2D eigenvalue weighted by molar-refractivity contribution is 6.10. The maximum absolute atomic E-state index is 2.45. The number of aromatic nitrogens is 1. The largest absolute Gasteiger partial charge is 0.310 e. The molecule has 12 rings (SSSR count). The van der Waals surface area contributed by atoms with Gasteiger partial charge in [-0.2, -0.15) is 0 Å². The number of hydrogen-bond donors (Lipinski definition) is 0. The van der Waals surface area contributed by atoms with Gasteiger partial charge in [0.15, 0.2) is 0 Å². The maximum atomic E-state index is 2.45. The van der Waals surface area contributed by atoms with Crippen molar-refractivity contribution in [2.24, 2.45) is 0 Å². The second-order valence-corrected chi connectivity index (χ2v) is 17.4. The molecule has 0 radical (unpaired) electrons. The monoisotopic (exact) mass is 830 g/mol. The first kappa shape index (κ1) is 38.5. The predicted octanol–water partition coefficient (Wildman–Crippen LogP) is 16.6. The fourth-order valence-electron chi connectivity index (χ4n) is 10.6. The molecule has 0 saturated heterocycles. The molecule has 0 N–H and O–H groups in total. The number of para-hydroxylation sites is 1.